The Hall–Kier alpha value is -0.830. The average molecular weight is 221 g/mol. The van der Waals surface area contributed by atoms with Crippen molar-refractivity contribution < 1.29 is 0 Å². The van der Waals surface area contributed by atoms with E-state index in [9.17, 15) is 0 Å². The van der Waals surface area contributed by atoms with Crippen LogP contribution in [0.5, 0.6) is 0 Å². The van der Waals surface area contributed by atoms with Gasteiger partial charge in [0.1, 0.15) is 0 Å². The van der Waals surface area contributed by atoms with Crippen LogP contribution in [0.4, 0.5) is 0 Å². The minimum absolute atomic E-state index is 0.418. The van der Waals surface area contributed by atoms with Gasteiger partial charge >= 0.3 is 0 Å². The molecule has 1 unspecified atom stereocenters. The zero-order valence-electron chi connectivity index (χ0n) is 10.7. The normalized spacial score (nSPS) is 23.8. The van der Waals surface area contributed by atoms with Crippen LogP contribution in [0.2, 0.25) is 0 Å². The Morgan fingerprint density at radius 1 is 1.56 bits per heavy atom. The van der Waals surface area contributed by atoms with Gasteiger partial charge in [0.05, 0.1) is 12.0 Å². The van der Waals surface area contributed by atoms with Gasteiger partial charge in [-0.1, -0.05) is 27.2 Å². The molecule has 1 atom stereocenters. The second-order valence-electron chi connectivity index (χ2n) is 5.47. The van der Waals surface area contributed by atoms with Crippen molar-refractivity contribution in [2.45, 2.75) is 52.6 Å². The van der Waals surface area contributed by atoms with Gasteiger partial charge in [0.15, 0.2) is 0 Å². The van der Waals surface area contributed by atoms with Crippen LogP contribution >= 0.6 is 0 Å². The van der Waals surface area contributed by atoms with E-state index in [2.05, 4.69) is 35.6 Å². The predicted molar refractivity (Wildman–Crippen MR) is 66.3 cm³/mol. The minimum atomic E-state index is 0.418. The molecule has 1 fully saturated rings. The maximum atomic E-state index is 4.31. The van der Waals surface area contributed by atoms with Gasteiger partial charge in [-0.3, -0.25) is 0 Å². The molecule has 0 amide bonds. The number of rotatable bonds is 4. The Balaban J connectivity index is 2.17. The molecular formula is C13H23N3. The van der Waals surface area contributed by atoms with E-state index in [0.717, 1.165) is 13.1 Å². The summed E-state index contributed by atoms with van der Waals surface area (Å²) in [5, 5.41) is 3.38. The lowest BCUT2D eigenvalue weighted by atomic mass is 9.87. The molecule has 3 nitrogen and oxygen atoms in total. The van der Waals surface area contributed by atoms with Gasteiger partial charge in [-0.05, 0) is 24.8 Å². The third-order valence-corrected chi connectivity index (χ3v) is 3.84. The number of hydrogen-bond donors (Lipinski definition) is 1. The minimum Gasteiger partial charge on any atom is -0.330 e. The molecule has 1 heterocycles. The molecule has 16 heavy (non-hydrogen) atoms. The van der Waals surface area contributed by atoms with E-state index in [-0.39, 0.29) is 0 Å². The van der Waals surface area contributed by atoms with Crippen LogP contribution in [0.25, 0.3) is 0 Å². The lowest BCUT2D eigenvalue weighted by Gasteiger charge is -2.29. The van der Waals surface area contributed by atoms with Crippen molar-refractivity contribution in [3.63, 3.8) is 0 Å². The van der Waals surface area contributed by atoms with E-state index < -0.39 is 0 Å². The molecule has 1 aromatic rings. The molecule has 1 aromatic heterocycles. The molecular weight excluding hydrogens is 198 g/mol. The van der Waals surface area contributed by atoms with Crippen LogP contribution in [0.15, 0.2) is 12.5 Å². The van der Waals surface area contributed by atoms with E-state index in [1.165, 1.54) is 25.0 Å². The molecule has 0 radical (unpaired) electrons. The zero-order valence-corrected chi connectivity index (χ0v) is 10.7. The van der Waals surface area contributed by atoms with Crippen molar-refractivity contribution in [3.05, 3.63) is 18.2 Å². The molecule has 2 rings (SSSR count). The molecule has 0 aromatic carbocycles. The summed E-state index contributed by atoms with van der Waals surface area (Å²) >= 11 is 0. The number of nitrogens with zero attached hydrogens (tertiary/aromatic N) is 2. The highest BCUT2D eigenvalue weighted by Gasteiger charge is 2.36. The average Bonchev–Trinajstić information content (AvgIpc) is 2.80. The quantitative estimate of drug-likeness (QED) is 0.847. The molecule has 1 aliphatic rings. The van der Waals surface area contributed by atoms with Gasteiger partial charge in [0, 0.05) is 18.8 Å². The Morgan fingerprint density at radius 3 is 3.00 bits per heavy atom. The van der Waals surface area contributed by atoms with Gasteiger partial charge in [0.25, 0.3) is 0 Å². The number of hydrogen-bond acceptors (Lipinski definition) is 2. The fourth-order valence-electron chi connectivity index (χ4n) is 2.83. The van der Waals surface area contributed by atoms with Crippen LogP contribution in [0.1, 0.15) is 51.8 Å². The first kappa shape index (κ1) is 11.6. The highest BCUT2D eigenvalue weighted by Crippen LogP contribution is 2.46. The molecule has 0 aliphatic heterocycles. The summed E-state index contributed by atoms with van der Waals surface area (Å²) in [6, 6.07) is 0.628. The van der Waals surface area contributed by atoms with Crippen molar-refractivity contribution >= 4 is 0 Å². The van der Waals surface area contributed by atoms with Crippen LogP contribution in [-0.4, -0.2) is 16.1 Å². The molecule has 0 saturated heterocycles. The molecule has 0 bridgehead atoms. The van der Waals surface area contributed by atoms with Gasteiger partial charge in [-0.15, -0.1) is 0 Å². The Bertz CT molecular complexity index is 341. The summed E-state index contributed by atoms with van der Waals surface area (Å²) < 4.78 is 2.38. The largest absolute Gasteiger partial charge is 0.330 e. The Morgan fingerprint density at radius 2 is 2.38 bits per heavy atom. The van der Waals surface area contributed by atoms with E-state index >= 15 is 0 Å². The molecule has 1 aliphatic carbocycles. The first-order valence-electron chi connectivity index (χ1n) is 6.36. The number of nitrogens with one attached hydrogen (secondary N) is 1. The summed E-state index contributed by atoms with van der Waals surface area (Å²) in [7, 11) is 0. The Kier molecular flexibility index (Phi) is 3.33. The second kappa shape index (κ2) is 4.58. The van der Waals surface area contributed by atoms with Crippen molar-refractivity contribution in [2.24, 2.45) is 5.41 Å². The first-order valence-corrected chi connectivity index (χ1v) is 6.36. The zero-order chi connectivity index (χ0) is 11.6. The maximum absolute atomic E-state index is 4.31. The van der Waals surface area contributed by atoms with E-state index in [0.29, 0.717) is 11.5 Å². The van der Waals surface area contributed by atoms with Crippen molar-refractivity contribution in [3.8, 4) is 0 Å². The van der Waals surface area contributed by atoms with E-state index in [4.69, 9.17) is 0 Å². The van der Waals surface area contributed by atoms with Crippen LogP contribution in [0.3, 0.4) is 0 Å². The van der Waals surface area contributed by atoms with E-state index in [1.807, 2.05) is 12.5 Å². The summed E-state index contributed by atoms with van der Waals surface area (Å²) in [6.45, 7) is 8.84. The lowest BCUT2D eigenvalue weighted by molar-refractivity contribution is 0.255. The molecule has 1 saturated carbocycles. The van der Waals surface area contributed by atoms with Gasteiger partial charge < -0.3 is 9.88 Å². The summed E-state index contributed by atoms with van der Waals surface area (Å²) in [6.07, 6.45) is 7.97. The highest BCUT2D eigenvalue weighted by molar-refractivity contribution is 5.04. The van der Waals surface area contributed by atoms with E-state index in [1.54, 1.807) is 0 Å². The van der Waals surface area contributed by atoms with Crippen molar-refractivity contribution in [2.75, 3.05) is 6.54 Å². The summed E-state index contributed by atoms with van der Waals surface area (Å²) in [5.74, 6) is 0. The monoisotopic (exact) mass is 221 g/mol. The lowest BCUT2D eigenvalue weighted by Crippen LogP contribution is -2.24. The van der Waals surface area contributed by atoms with Crippen LogP contribution < -0.4 is 5.32 Å². The standard InChI is InChI=1S/C13H23N3/c1-4-14-8-11-9-15-10-16(11)12-6-5-7-13(12,2)3/h9-10,12,14H,4-8H2,1-3H3. The van der Waals surface area contributed by atoms with Gasteiger partial charge in [-0.25, -0.2) is 4.98 Å². The number of aromatic nitrogens is 2. The summed E-state index contributed by atoms with van der Waals surface area (Å²) in [5.41, 5.74) is 1.74. The fraction of sp³-hybridized carbons (Fsp3) is 0.769. The van der Waals surface area contributed by atoms with Gasteiger partial charge in [-0.2, -0.15) is 0 Å². The Labute approximate surface area is 98.3 Å². The molecule has 3 heteroatoms. The third-order valence-electron chi connectivity index (χ3n) is 3.84. The molecule has 1 N–H and O–H groups in total. The second-order valence-corrected chi connectivity index (χ2v) is 5.47. The highest BCUT2D eigenvalue weighted by atomic mass is 15.1. The van der Waals surface area contributed by atoms with Gasteiger partial charge in [0.2, 0.25) is 0 Å². The SMILES string of the molecule is CCNCc1cncn1C1CCCC1(C)C. The fourth-order valence-corrected chi connectivity index (χ4v) is 2.83. The van der Waals surface area contributed by atoms with Crippen LogP contribution in [-0.2, 0) is 6.54 Å². The molecule has 0 spiro atoms. The topological polar surface area (TPSA) is 29.9 Å². The molecule has 90 valence electrons. The van der Waals surface area contributed by atoms with Crippen LogP contribution in [0, 0.1) is 5.41 Å². The van der Waals surface area contributed by atoms with Crippen molar-refractivity contribution in [1.29, 1.82) is 0 Å². The number of imidazole rings is 1. The third kappa shape index (κ3) is 2.14. The smallest absolute Gasteiger partial charge is 0.0951 e. The first-order chi connectivity index (χ1) is 7.65. The maximum Gasteiger partial charge on any atom is 0.0951 e. The predicted octanol–water partition coefficient (Wildman–Crippen LogP) is 2.74. The van der Waals surface area contributed by atoms with Crippen molar-refractivity contribution in [1.82, 2.24) is 14.9 Å². The summed E-state index contributed by atoms with van der Waals surface area (Å²) in [4.78, 5) is 4.31.